The number of halogens is 1. The second kappa shape index (κ2) is 7.51. The lowest BCUT2D eigenvalue weighted by Crippen LogP contribution is -2.34. The van der Waals surface area contributed by atoms with Crippen LogP contribution < -0.4 is 5.32 Å². The molecule has 1 amide bonds. The van der Waals surface area contributed by atoms with E-state index in [1.807, 2.05) is 20.8 Å². The van der Waals surface area contributed by atoms with Crippen LogP contribution in [-0.4, -0.2) is 18.2 Å². The predicted octanol–water partition coefficient (Wildman–Crippen LogP) is 4.75. The van der Waals surface area contributed by atoms with Crippen LogP contribution in [-0.2, 0) is 4.74 Å². The van der Waals surface area contributed by atoms with Crippen molar-refractivity contribution in [3.63, 3.8) is 0 Å². The molecule has 0 aliphatic heterocycles. The van der Waals surface area contributed by atoms with Crippen LogP contribution >= 0.6 is 11.6 Å². The molecule has 1 N–H and O–H groups in total. The zero-order chi connectivity index (χ0) is 16.0. The number of carbonyl (C=O) groups is 1. The molecule has 0 fully saturated rings. The third kappa shape index (κ3) is 6.21. The van der Waals surface area contributed by atoms with Gasteiger partial charge < -0.3 is 10.1 Å². The quantitative estimate of drug-likeness (QED) is 0.872. The van der Waals surface area contributed by atoms with Crippen molar-refractivity contribution < 1.29 is 9.53 Å². The topological polar surface area (TPSA) is 38.3 Å². The Kier molecular flexibility index (Phi) is 6.28. The van der Waals surface area contributed by atoms with Crippen LogP contribution in [0.3, 0.4) is 0 Å². The summed E-state index contributed by atoms with van der Waals surface area (Å²) in [5.41, 5.74) is 4.35. The lowest BCUT2D eigenvalue weighted by atomic mass is 9.93. The van der Waals surface area contributed by atoms with E-state index >= 15 is 0 Å². The molecule has 4 heteroatoms. The van der Waals surface area contributed by atoms with Gasteiger partial charge in [0.2, 0.25) is 0 Å². The lowest BCUT2D eigenvalue weighted by molar-refractivity contribution is 0.0532. The van der Waals surface area contributed by atoms with Crippen LogP contribution in [0.15, 0.2) is 35.4 Å². The van der Waals surface area contributed by atoms with Gasteiger partial charge in [0.05, 0.1) is 0 Å². The molecule has 1 aromatic carbocycles. The molecule has 1 aromatic rings. The highest BCUT2D eigenvalue weighted by Crippen LogP contribution is 2.24. The van der Waals surface area contributed by atoms with Gasteiger partial charge in [-0.1, -0.05) is 48.4 Å². The summed E-state index contributed by atoms with van der Waals surface area (Å²) in [4.78, 5) is 11.7. The molecular formula is C17H24ClNO2. The third-order valence-corrected chi connectivity index (χ3v) is 3.39. The fourth-order valence-corrected chi connectivity index (χ4v) is 2.11. The maximum absolute atomic E-state index is 11.7. The Labute approximate surface area is 132 Å². The number of carbonyl (C=O) groups excluding carboxylic acids is 1. The molecule has 0 saturated heterocycles. The monoisotopic (exact) mass is 309 g/mol. The molecule has 0 aliphatic rings. The Hall–Kier alpha value is -1.48. The zero-order valence-electron chi connectivity index (χ0n) is 13.4. The summed E-state index contributed by atoms with van der Waals surface area (Å²) in [6.07, 6.45) is -0.436. The summed E-state index contributed by atoms with van der Waals surface area (Å²) in [6, 6.07) is 8.29. The zero-order valence-corrected chi connectivity index (χ0v) is 14.1. The number of rotatable bonds is 4. The molecule has 1 atom stereocenters. The van der Waals surface area contributed by atoms with Gasteiger partial charge in [0.25, 0.3) is 0 Å². The van der Waals surface area contributed by atoms with Gasteiger partial charge in [0, 0.05) is 18.0 Å². The maximum atomic E-state index is 11.7. The number of ether oxygens (including phenoxy) is 1. The van der Waals surface area contributed by atoms with E-state index in [1.54, 1.807) is 0 Å². The van der Waals surface area contributed by atoms with Crippen LogP contribution in [0.1, 0.15) is 44.7 Å². The Morgan fingerprint density at radius 1 is 1.33 bits per heavy atom. The molecule has 0 radical (unpaired) electrons. The first-order valence-electron chi connectivity index (χ1n) is 7.05. The number of aryl methyl sites for hydroxylation is 1. The predicted molar refractivity (Wildman–Crippen MR) is 87.8 cm³/mol. The van der Waals surface area contributed by atoms with Crippen molar-refractivity contribution in [1.29, 1.82) is 0 Å². The summed E-state index contributed by atoms with van der Waals surface area (Å²) in [5.74, 6) is 0.137. The average Bonchev–Trinajstić information content (AvgIpc) is 2.38. The van der Waals surface area contributed by atoms with Crippen molar-refractivity contribution in [2.75, 3.05) is 6.54 Å². The molecule has 0 spiro atoms. The lowest BCUT2D eigenvalue weighted by Gasteiger charge is -2.21. The van der Waals surface area contributed by atoms with Crippen molar-refractivity contribution >= 4 is 17.7 Å². The van der Waals surface area contributed by atoms with E-state index in [4.69, 9.17) is 16.3 Å². The van der Waals surface area contributed by atoms with E-state index in [2.05, 4.69) is 43.4 Å². The highest BCUT2D eigenvalue weighted by atomic mass is 35.5. The van der Waals surface area contributed by atoms with Crippen molar-refractivity contribution in [3.05, 3.63) is 46.5 Å². The van der Waals surface area contributed by atoms with Crippen LogP contribution in [0.2, 0.25) is 0 Å². The van der Waals surface area contributed by atoms with Crippen LogP contribution in [0.25, 0.3) is 0 Å². The van der Waals surface area contributed by atoms with Gasteiger partial charge in [-0.15, -0.1) is 0 Å². The molecule has 3 nitrogen and oxygen atoms in total. The van der Waals surface area contributed by atoms with E-state index in [9.17, 15) is 4.79 Å². The normalized spacial score (nSPS) is 13.7. The summed E-state index contributed by atoms with van der Waals surface area (Å²) in [6.45, 7) is 9.99. The molecule has 0 aliphatic carbocycles. The van der Waals surface area contributed by atoms with E-state index in [0.29, 0.717) is 6.54 Å². The highest BCUT2D eigenvalue weighted by molar-refractivity contribution is 6.25. The number of benzene rings is 1. The summed E-state index contributed by atoms with van der Waals surface area (Å²) in [5, 5.41) is 2.74. The first-order chi connectivity index (χ1) is 9.73. The molecule has 21 heavy (non-hydrogen) atoms. The highest BCUT2D eigenvalue weighted by Gasteiger charge is 2.17. The van der Waals surface area contributed by atoms with Crippen molar-refractivity contribution in [2.45, 2.75) is 46.1 Å². The SMILES string of the molecule is Cc1ccc(C(C)C(=CCl)CNC(=O)OC(C)(C)C)cc1. The molecule has 0 saturated carbocycles. The average molecular weight is 310 g/mol. The molecular weight excluding hydrogens is 286 g/mol. The summed E-state index contributed by atoms with van der Waals surface area (Å²) in [7, 11) is 0. The first kappa shape index (κ1) is 17.6. The second-order valence-electron chi connectivity index (χ2n) is 6.17. The van der Waals surface area contributed by atoms with Gasteiger partial charge in [-0.3, -0.25) is 0 Å². The minimum Gasteiger partial charge on any atom is -0.444 e. The number of alkyl carbamates (subject to hydrolysis) is 1. The first-order valence-corrected chi connectivity index (χ1v) is 7.49. The van der Waals surface area contributed by atoms with E-state index < -0.39 is 11.7 Å². The minimum atomic E-state index is -0.502. The van der Waals surface area contributed by atoms with Crippen molar-refractivity contribution in [2.24, 2.45) is 0 Å². The number of hydrogen-bond acceptors (Lipinski definition) is 2. The number of hydrogen-bond donors (Lipinski definition) is 1. The standard InChI is InChI=1S/C17H24ClNO2/c1-12-6-8-14(9-7-12)13(2)15(10-18)11-19-16(20)21-17(3,4)5/h6-10,13H,11H2,1-5H3,(H,19,20). The van der Waals surface area contributed by atoms with Gasteiger partial charge in [0.1, 0.15) is 5.60 Å². The van der Waals surface area contributed by atoms with Crippen molar-refractivity contribution in [3.8, 4) is 0 Å². The number of nitrogens with one attached hydrogen (secondary N) is 1. The van der Waals surface area contributed by atoms with Crippen LogP contribution in [0.4, 0.5) is 4.79 Å². The smallest absolute Gasteiger partial charge is 0.407 e. The Balaban J connectivity index is 2.63. The van der Waals surface area contributed by atoms with E-state index in [0.717, 1.165) is 5.57 Å². The molecule has 0 aromatic heterocycles. The minimum absolute atomic E-state index is 0.137. The van der Waals surface area contributed by atoms with E-state index in [-0.39, 0.29) is 5.92 Å². The molecule has 1 unspecified atom stereocenters. The summed E-state index contributed by atoms with van der Waals surface area (Å²) < 4.78 is 5.21. The Morgan fingerprint density at radius 3 is 2.38 bits per heavy atom. The fourth-order valence-electron chi connectivity index (χ4n) is 1.84. The second-order valence-corrected chi connectivity index (χ2v) is 6.39. The van der Waals surface area contributed by atoms with Crippen LogP contribution in [0.5, 0.6) is 0 Å². The van der Waals surface area contributed by atoms with Gasteiger partial charge >= 0.3 is 6.09 Å². The van der Waals surface area contributed by atoms with E-state index in [1.165, 1.54) is 16.7 Å². The van der Waals surface area contributed by atoms with Gasteiger partial charge in [-0.2, -0.15) is 0 Å². The molecule has 0 bridgehead atoms. The third-order valence-electron chi connectivity index (χ3n) is 3.11. The van der Waals surface area contributed by atoms with Gasteiger partial charge in [-0.25, -0.2) is 4.79 Å². The van der Waals surface area contributed by atoms with Gasteiger partial charge in [-0.05, 0) is 38.8 Å². The van der Waals surface area contributed by atoms with Gasteiger partial charge in [0.15, 0.2) is 0 Å². The fraction of sp³-hybridized carbons (Fsp3) is 0.471. The molecule has 116 valence electrons. The van der Waals surface area contributed by atoms with Crippen LogP contribution in [0, 0.1) is 6.92 Å². The maximum Gasteiger partial charge on any atom is 0.407 e. The summed E-state index contributed by atoms with van der Waals surface area (Å²) >= 11 is 5.91. The molecule has 1 rings (SSSR count). The van der Waals surface area contributed by atoms with Crippen molar-refractivity contribution in [1.82, 2.24) is 5.32 Å². The Morgan fingerprint density at radius 2 is 1.90 bits per heavy atom. The largest absolute Gasteiger partial charge is 0.444 e. The number of amides is 1. The Bertz CT molecular complexity index is 501. The molecule has 0 heterocycles.